The second-order valence-electron chi connectivity index (χ2n) is 5.32. The van der Waals surface area contributed by atoms with Gasteiger partial charge < -0.3 is 9.80 Å². The van der Waals surface area contributed by atoms with E-state index in [1.165, 1.54) is 0 Å². The molecule has 1 heterocycles. The smallest absolute Gasteiger partial charge is 0.222 e. The summed E-state index contributed by atoms with van der Waals surface area (Å²) < 4.78 is 0. The Kier molecular flexibility index (Phi) is 7.53. The molecule has 110 valence electrons. The average molecular weight is 268 g/mol. The van der Waals surface area contributed by atoms with Gasteiger partial charge in [-0.15, -0.1) is 0 Å². The van der Waals surface area contributed by atoms with Crippen molar-refractivity contribution >= 4 is 11.8 Å². The van der Waals surface area contributed by atoms with Crippen LogP contribution in [0.5, 0.6) is 0 Å². The Morgan fingerprint density at radius 3 is 1.58 bits per heavy atom. The van der Waals surface area contributed by atoms with Crippen LogP contribution in [0.3, 0.4) is 0 Å². The van der Waals surface area contributed by atoms with Crippen molar-refractivity contribution in [2.24, 2.45) is 0 Å². The van der Waals surface area contributed by atoms with E-state index in [0.717, 1.165) is 45.2 Å². The van der Waals surface area contributed by atoms with Gasteiger partial charge in [0.2, 0.25) is 11.8 Å². The molecule has 1 saturated heterocycles. The zero-order chi connectivity index (χ0) is 14.1. The van der Waals surface area contributed by atoms with Gasteiger partial charge in [0.1, 0.15) is 0 Å². The van der Waals surface area contributed by atoms with E-state index >= 15 is 0 Å². The van der Waals surface area contributed by atoms with Crippen LogP contribution in [0.1, 0.15) is 58.8 Å². The lowest BCUT2D eigenvalue weighted by atomic mass is 10.2. The highest BCUT2D eigenvalue weighted by molar-refractivity contribution is 5.77. The van der Waals surface area contributed by atoms with Crippen molar-refractivity contribution in [1.82, 2.24) is 9.80 Å². The summed E-state index contributed by atoms with van der Waals surface area (Å²) in [5.41, 5.74) is 0. The first-order chi connectivity index (χ1) is 9.19. The van der Waals surface area contributed by atoms with Crippen LogP contribution in [0, 0.1) is 0 Å². The standard InChI is InChI=1S/C15H28N2O2/c1-3-5-8-14(18)16-10-7-11-17(13-12-16)15(19)9-6-4-2/h3-13H2,1-2H3. The number of amides is 2. The summed E-state index contributed by atoms with van der Waals surface area (Å²) in [5.74, 6) is 0.509. The minimum absolute atomic E-state index is 0.254. The van der Waals surface area contributed by atoms with Gasteiger partial charge in [-0.05, 0) is 19.3 Å². The number of carbonyl (C=O) groups excluding carboxylic acids is 2. The zero-order valence-corrected chi connectivity index (χ0v) is 12.5. The Balaban J connectivity index is 2.38. The van der Waals surface area contributed by atoms with E-state index < -0.39 is 0 Å². The van der Waals surface area contributed by atoms with Gasteiger partial charge in [0.05, 0.1) is 0 Å². The molecule has 0 bridgehead atoms. The van der Waals surface area contributed by atoms with Crippen LogP contribution < -0.4 is 0 Å². The maximum atomic E-state index is 12.0. The number of rotatable bonds is 6. The first-order valence-corrected chi connectivity index (χ1v) is 7.74. The van der Waals surface area contributed by atoms with Crippen LogP contribution in [0.25, 0.3) is 0 Å². The van der Waals surface area contributed by atoms with E-state index in [2.05, 4.69) is 13.8 Å². The molecular weight excluding hydrogens is 240 g/mol. The van der Waals surface area contributed by atoms with E-state index in [1.807, 2.05) is 9.80 Å². The summed E-state index contributed by atoms with van der Waals surface area (Å²) in [6.07, 6.45) is 6.27. The molecule has 1 aliphatic heterocycles. The fourth-order valence-electron chi connectivity index (χ4n) is 2.39. The van der Waals surface area contributed by atoms with Gasteiger partial charge >= 0.3 is 0 Å². The topological polar surface area (TPSA) is 40.6 Å². The molecule has 0 aromatic heterocycles. The van der Waals surface area contributed by atoms with E-state index in [4.69, 9.17) is 0 Å². The van der Waals surface area contributed by atoms with Gasteiger partial charge in [-0.2, -0.15) is 0 Å². The largest absolute Gasteiger partial charge is 0.341 e. The van der Waals surface area contributed by atoms with Crippen LogP contribution in [-0.2, 0) is 9.59 Å². The summed E-state index contributed by atoms with van der Waals surface area (Å²) in [4.78, 5) is 27.8. The number of carbonyl (C=O) groups is 2. The molecule has 1 fully saturated rings. The Morgan fingerprint density at radius 2 is 1.21 bits per heavy atom. The predicted molar refractivity (Wildman–Crippen MR) is 76.8 cm³/mol. The Hall–Kier alpha value is -1.06. The van der Waals surface area contributed by atoms with E-state index in [1.54, 1.807) is 0 Å². The van der Waals surface area contributed by atoms with Gasteiger partial charge in [0.25, 0.3) is 0 Å². The lowest BCUT2D eigenvalue weighted by molar-refractivity contribution is -0.133. The van der Waals surface area contributed by atoms with Gasteiger partial charge in [-0.25, -0.2) is 0 Å². The molecule has 4 nitrogen and oxygen atoms in total. The normalized spacial score (nSPS) is 16.3. The molecule has 1 rings (SSSR count). The lowest BCUT2D eigenvalue weighted by Crippen LogP contribution is -2.37. The van der Waals surface area contributed by atoms with Gasteiger partial charge in [-0.3, -0.25) is 9.59 Å². The molecule has 0 atom stereocenters. The summed E-state index contributed by atoms with van der Waals surface area (Å²) in [7, 11) is 0. The van der Waals surface area contributed by atoms with Crippen molar-refractivity contribution in [3.8, 4) is 0 Å². The number of unbranched alkanes of at least 4 members (excludes halogenated alkanes) is 2. The second-order valence-corrected chi connectivity index (χ2v) is 5.32. The molecule has 19 heavy (non-hydrogen) atoms. The monoisotopic (exact) mass is 268 g/mol. The second kappa shape index (κ2) is 8.94. The molecule has 0 aromatic rings. The molecule has 0 saturated carbocycles. The quantitative estimate of drug-likeness (QED) is 0.742. The number of nitrogens with zero attached hydrogens (tertiary/aromatic N) is 2. The van der Waals surface area contributed by atoms with Crippen molar-refractivity contribution in [2.75, 3.05) is 26.2 Å². The number of hydrogen-bond acceptors (Lipinski definition) is 2. The van der Waals surface area contributed by atoms with E-state index in [9.17, 15) is 9.59 Å². The highest BCUT2D eigenvalue weighted by Gasteiger charge is 2.21. The Morgan fingerprint density at radius 1 is 0.789 bits per heavy atom. The third-order valence-corrected chi connectivity index (χ3v) is 3.69. The molecule has 0 radical (unpaired) electrons. The zero-order valence-electron chi connectivity index (χ0n) is 12.5. The third-order valence-electron chi connectivity index (χ3n) is 3.69. The fourth-order valence-corrected chi connectivity index (χ4v) is 2.39. The first kappa shape index (κ1) is 16.0. The molecule has 0 aliphatic carbocycles. The SMILES string of the molecule is CCCCC(=O)N1CCCN(C(=O)CCCC)CC1. The highest BCUT2D eigenvalue weighted by Crippen LogP contribution is 2.09. The Bertz CT molecular complexity index is 264. The first-order valence-electron chi connectivity index (χ1n) is 7.74. The minimum Gasteiger partial charge on any atom is -0.341 e. The van der Waals surface area contributed by atoms with Crippen molar-refractivity contribution < 1.29 is 9.59 Å². The van der Waals surface area contributed by atoms with E-state index in [0.29, 0.717) is 25.9 Å². The molecule has 0 aromatic carbocycles. The lowest BCUT2D eigenvalue weighted by Gasteiger charge is -2.22. The molecule has 4 heteroatoms. The molecular formula is C15H28N2O2. The van der Waals surface area contributed by atoms with Crippen LogP contribution >= 0.6 is 0 Å². The van der Waals surface area contributed by atoms with Crippen molar-refractivity contribution in [2.45, 2.75) is 58.8 Å². The summed E-state index contributed by atoms with van der Waals surface area (Å²) in [6.45, 7) is 7.23. The molecule has 2 amide bonds. The third kappa shape index (κ3) is 5.62. The van der Waals surface area contributed by atoms with E-state index in [-0.39, 0.29) is 11.8 Å². The van der Waals surface area contributed by atoms with Crippen molar-refractivity contribution in [3.63, 3.8) is 0 Å². The number of hydrogen-bond donors (Lipinski definition) is 0. The van der Waals surface area contributed by atoms with Crippen molar-refractivity contribution in [1.29, 1.82) is 0 Å². The summed E-state index contributed by atoms with van der Waals surface area (Å²) in [6, 6.07) is 0. The maximum absolute atomic E-state index is 12.0. The fraction of sp³-hybridized carbons (Fsp3) is 0.867. The van der Waals surface area contributed by atoms with Crippen molar-refractivity contribution in [3.05, 3.63) is 0 Å². The van der Waals surface area contributed by atoms with Gasteiger partial charge in [0, 0.05) is 39.0 Å². The van der Waals surface area contributed by atoms with Gasteiger partial charge in [0.15, 0.2) is 0 Å². The Labute approximate surface area is 117 Å². The summed E-state index contributed by atoms with van der Waals surface area (Å²) in [5, 5.41) is 0. The molecule has 0 N–H and O–H groups in total. The molecule has 0 spiro atoms. The van der Waals surface area contributed by atoms with Crippen LogP contribution in [0.2, 0.25) is 0 Å². The highest BCUT2D eigenvalue weighted by atomic mass is 16.2. The maximum Gasteiger partial charge on any atom is 0.222 e. The van der Waals surface area contributed by atoms with Gasteiger partial charge in [-0.1, -0.05) is 26.7 Å². The van der Waals surface area contributed by atoms with Crippen LogP contribution in [0.15, 0.2) is 0 Å². The predicted octanol–water partition coefficient (Wildman–Crippen LogP) is 2.43. The summed E-state index contributed by atoms with van der Waals surface area (Å²) >= 11 is 0. The minimum atomic E-state index is 0.254. The van der Waals surface area contributed by atoms with Crippen LogP contribution in [-0.4, -0.2) is 47.8 Å². The van der Waals surface area contributed by atoms with Crippen LogP contribution in [0.4, 0.5) is 0 Å². The molecule has 1 aliphatic rings. The average Bonchev–Trinajstić information content (AvgIpc) is 2.68. The molecule has 0 unspecified atom stereocenters.